The molecule has 0 unspecified atom stereocenters. The number of sulfone groups is 1. The molecule has 0 aliphatic heterocycles. The van der Waals surface area contributed by atoms with E-state index in [0.717, 1.165) is 18.4 Å². The van der Waals surface area contributed by atoms with Crippen LogP contribution in [0.5, 0.6) is 11.5 Å². The van der Waals surface area contributed by atoms with Crippen LogP contribution in [0.4, 0.5) is 5.69 Å². The lowest BCUT2D eigenvalue weighted by Crippen LogP contribution is -2.29. The summed E-state index contributed by atoms with van der Waals surface area (Å²) in [7, 11) is -3.41. The first-order chi connectivity index (χ1) is 12.4. The Bertz CT molecular complexity index is 886. The standard InChI is InChI=1S/C20H23NO4S/c1-15-7-6-8-16(13-15)25-19-12-5-4-11-18(19)21-20(22)14-26(23,24)17-9-2-3-10-17/h4-8,11-13,17H,2-3,9-10,14H2,1H3,(H,21,22). The minimum absolute atomic E-state index is 0.382. The number of aryl methyl sites for hydroxylation is 1. The summed E-state index contributed by atoms with van der Waals surface area (Å²) < 4.78 is 30.6. The van der Waals surface area contributed by atoms with Crippen molar-refractivity contribution in [1.82, 2.24) is 0 Å². The van der Waals surface area contributed by atoms with Gasteiger partial charge in [-0.15, -0.1) is 0 Å². The molecule has 1 aliphatic carbocycles. The van der Waals surface area contributed by atoms with Crippen LogP contribution < -0.4 is 10.1 Å². The minimum atomic E-state index is -3.41. The van der Waals surface area contributed by atoms with E-state index in [1.807, 2.05) is 31.2 Å². The van der Waals surface area contributed by atoms with Crippen LogP contribution >= 0.6 is 0 Å². The van der Waals surface area contributed by atoms with E-state index in [9.17, 15) is 13.2 Å². The molecule has 0 radical (unpaired) electrons. The van der Waals surface area contributed by atoms with Gasteiger partial charge in [0.1, 0.15) is 11.5 Å². The van der Waals surface area contributed by atoms with Crippen LogP contribution in [0.1, 0.15) is 31.2 Å². The Morgan fingerprint density at radius 1 is 1.12 bits per heavy atom. The van der Waals surface area contributed by atoms with Crippen molar-refractivity contribution in [2.75, 3.05) is 11.1 Å². The van der Waals surface area contributed by atoms with Crippen LogP contribution in [0.2, 0.25) is 0 Å². The predicted octanol–water partition coefficient (Wildman–Crippen LogP) is 4.08. The van der Waals surface area contributed by atoms with Gasteiger partial charge in [-0.1, -0.05) is 37.1 Å². The molecule has 6 heteroatoms. The second kappa shape index (κ2) is 7.91. The highest BCUT2D eigenvalue weighted by atomic mass is 32.2. The zero-order chi connectivity index (χ0) is 18.6. The molecule has 0 heterocycles. The lowest BCUT2D eigenvalue weighted by atomic mass is 10.2. The fraction of sp³-hybridized carbons (Fsp3) is 0.350. The molecule has 0 spiro atoms. The van der Waals surface area contributed by atoms with E-state index < -0.39 is 21.5 Å². The molecular formula is C20H23NO4S. The van der Waals surface area contributed by atoms with Crippen molar-refractivity contribution in [3.8, 4) is 11.5 Å². The molecule has 0 atom stereocenters. The third kappa shape index (κ3) is 4.64. The second-order valence-electron chi connectivity index (χ2n) is 6.68. The molecule has 138 valence electrons. The Morgan fingerprint density at radius 2 is 1.85 bits per heavy atom. The number of rotatable bonds is 6. The molecule has 5 nitrogen and oxygen atoms in total. The molecule has 26 heavy (non-hydrogen) atoms. The van der Waals surface area contributed by atoms with Gasteiger partial charge in [-0.05, 0) is 49.6 Å². The second-order valence-corrected chi connectivity index (χ2v) is 8.96. The maximum absolute atomic E-state index is 12.4. The van der Waals surface area contributed by atoms with Gasteiger partial charge in [-0.2, -0.15) is 0 Å². The van der Waals surface area contributed by atoms with Gasteiger partial charge in [0.05, 0.1) is 10.9 Å². The number of carbonyl (C=O) groups is 1. The molecular weight excluding hydrogens is 350 g/mol. The highest BCUT2D eigenvalue weighted by Crippen LogP contribution is 2.30. The average Bonchev–Trinajstić information content (AvgIpc) is 3.12. The van der Waals surface area contributed by atoms with Crippen LogP contribution in [0, 0.1) is 6.92 Å². The third-order valence-corrected chi connectivity index (χ3v) is 6.67. The van der Waals surface area contributed by atoms with E-state index in [-0.39, 0.29) is 5.25 Å². The minimum Gasteiger partial charge on any atom is -0.455 e. The van der Waals surface area contributed by atoms with E-state index in [1.54, 1.807) is 24.3 Å². The maximum atomic E-state index is 12.4. The van der Waals surface area contributed by atoms with Gasteiger partial charge >= 0.3 is 0 Å². The molecule has 1 amide bonds. The fourth-order valence-corrected chi connectivity index (χ4v) is 4.92. The number of para-hydroxylation sites is 2. The van der Waals surface area contributed by atoms with Gasteiger partial charge in [0.2, 0.25) is 5.91 Å². The number of carbonyl (C=O) groups excluding carboxylic acids is 1. The van der Waals surface area contributed by atoms with Crippen molar-refractivity contribution in [3.05, 3.63) is 54.1 Å². The monoisotopic (exact) mass is 373 g/mol. The van der Waals surface area contributed by atoms with E-state index in [0.29, 0.717) is 30.0 Å². The van der Waals surface area contributed by atoms with E-state index in [2.05, 4.69) is 5.32 Å². The van der Waals surface area contributed by atoms with Crippen molar-refractivity contribution < 1.29 is 17.9 Å². The number of benzene rings is 2. The lowest BCUT2D eigenvalue weighted by Gasteiger charge is -2.14. The highest BCUT2D eigenvalue weighted by Gasteiger charge is 2.30. The number of nitrogens with one attached hydrogen (secondary N) is 1. The van der Waals surface area contributed by atoms with Crippen LogP contribution in [0.25, 0.3) is 0 Å². The summed E-state index contributed by atoms with van der Waals surface area (Å²) in [4.78, 5) is 12.3. The van der Waals surface area contributed by atoms with Gasteiger partial charge in [0.15, 0.2) is 15.6 Å². The maximum Gasteiger partial charge on any atom is 0.239 e. The topological polar surface area (TPSA) is 72.5 Å². The molecule has 1 fully saturated rings. The van der Waals surface area contributed by atoms with Gasteiger partial charge in [-0.3, -0.25) is 4.79 Å². The largest absolute Gasteiger partial charge is 0.455 e. The highest BCUT2D eigenvalue weighted by molar-refractivity contribution is 7.92. The molecule has 2 aromatic rings. The summed E-state index contributed by atoms with van der Waals surface area (Å²) in [6.45, 7) is 1.97. The van der Waals surface area contributed by atoms with Crippen molar-refractivity contribution >= 4 is 21.4 Å². The first-order valence-corrected chi connectivity index (χ1v) is 10.5. The average molecular weight is 373 g/mol. The Morgan fingerprint density at radius 3 is 2.58 bits per heavy atom. The Labute approximate surface area is 154 Å². The first kappa shape index (κ1) is 18.5. The molecule has 1 saturated carbocycles. The Hall–Kier alpha value is -2.34. The van der Waals surface area contributed by atoms with Gasteiger partial charge in [0.25, 0.3) is 0 Å². The van der Waals surface area contributed by atoms with E-state index >= 15 is 0 Å². The lowest BCUT2D eigenvalue weighted by molar-refractivity contribution is -0.113. The zero-order valence-corrected chi connectivity index (χ0v) is 15.6. The van der Waals surface area contributed by atoms with Crippen molar-refractivity contribution in [3.63, 3.8) is 0 Å². The van der Waals surface area contributed by atoms with Crippen LogP contribution in [-0.2, 0) is 14.6 Å². The van der Waals surface area contributed by atoms with Crippen molar-refractivity contribution in [2.45, 2.75) is 37.9 Å². The summed E-state index contributed by atoms with van der Waals surface area (Å²) in [5.74, 6) is 0.114. The summed E-state index contributed by atoms with van der Waals surface area (Å²) in [6, 6.07) is 14.6. The number of anilines is 1. The Kier molecular flexibility index (Phi) is 5.61. The van der Waals surface area contributed by atoms with E-state index in [1.165, 1.54) is 0 Å². The summed E-state index contributed by atoms with van der Waals surface area (Å²) in [5.41, 5.74) is 1.52. The summed E-state index contributed by atoms with van der Waals surface area (Å²) in [5, 5.41) is 2.30. The number of hydrogen-bond acceptors (Lipinski definition) is 4. The number of ether oxygens (including phenoxy) is 1. The van der Waals surface area contributed by atoms with Crippen LogP contribution in [0.15, 0.2) is 48.5 Å². The molecule has 1 aliphatic rings. The first-order valence-electron chi connectivity index (χ1n) is 8.79. The van der Waals surface area contributed by atoms with Gasteiger partial charge in [0, 0.05) is 0 Å². The number of amides is 1. The molecule has 0 bridgehead atoms. The quantitative estimate of drug-likeness (QED) is 0.828. The molecule has 0 saturated heterocycles. The molecule has 0 aromatic heterocycles. The van der Waals surface area contributed by atoms with Gasteiger partial charge < -0.3 is 10.1 Å². The smallest absolute Gasteiger partial charge is 0.239 e. The summed E-state index contributed by atoms with van der Waals surface area (Å²) in [6.07, 6.45) is 3.14. The fourth-order valence-electron chi connectivity index (χ4n) is 3.20. The molecule has 2 aromatic carbocycles. The SMILES string of the molecule is Cc1cccc(Oc2ccccc2NC(=O)CS(=O)(=O)C2CCCC2)c1. The van der Waals surface area contributed by atoms with Gasteiger partial charge in [-0.25, -0.2) is 8.42 Å². The third-order valence-electron chi connectivity index (χ3n) is 4.52. The molecule has 1 N–H and O–H groups in total. The normalized spacial score (nSPS) is 15.0. The van der Waals surface area contributed by atoms with Crippen LogP contribution in [-0.4, -0.2) is 25.3 Å². The summed E-state index contributed by atoms with van der Waals surface area (Å²) >= 11 is 0. The Balaban J connectivity index is 1.70. The molecule has 3 rings (SSSR count). The van der Waals surface area contributed by atoms with E-state index in [4.69, 9.17) is 4.74 Å². The number of hydrogen-bond donors (Lipinski definition) is 1. The van der Waals surface area contributed by atoms with Crippen LogP contribution in [0.3, 0.4) is 0 Å². The van der Waals surface area contributed by atoms with Crippen molar-refractivity contribution in [2.24, 2.45) is 0 Å². The zero-order valence-electron chi connectivity index (χ0n) is 14.8. The van der Waals surface area contributed by atoms with Crippen molar-refractivity contribution in [1.29, 1.82) is 0 Å². The predicted molar refractivity (Wildman–Crippen MR) is 102 cm³/mol.